The lowest BCUT2D eigenvalue weighted by atomic mass is 9.74. The van der Waals surface area contributed by atoms with Crippen LogP contribution in [0, 0.1) is 19.8 Å². The number of fused-ring (bicyclic) bond motifs is 1. The summed E-state index contributed by atoms with van der Waals surface area (Å²) < 4.78 is 1.58. The molecule has 35 heavy (non-hydrogen) atoms. The summed E-state index contributed by atoms with van der Waals surface area (Å²) in [6, 6.07) is 22.8. The Hall–Kier alpha value is -4.12. The van der Waals surface area contributed by atoms with Gasteiger partial charge in [0.2, 0.25) is 0 Å². The van der Waals surface area contributed by atoms with E-state index in [2.05, 4.69) is 0 Å². The fraction of sp³-hybridized carbons (Fsp3) is 0.200. The van der Waals surface area contributed by atoms with Gasteiger partial charge in [0.25, 0.3) is 5.56 Å². The summed E-state index contributed by atoms with van der Waals surface area (Å²) in [5, 5.41) is 0.493. The average molecular weight is 463 g/mol. The van der Waals surface area contributed by atoms with E-state index in [9.17, 15) is 14.4 Å². The minimum Gasteiger partial charge on any atom is -0.299 e. The lowest BCUT2D eigenvalue weighted by molar-refractivity contribution is -0.130. The Labute approximate surface area is 203 Å². The third-order valence-electron chi connectivity index (χ3n) is 6.75. The number of benzene rings is 3. The number of para-hydroxylation sites is 1. The van der Waals surface area contributed by atoms with Crippen LogP contribution in [-0.2, 0) is 9.59 Å². The average Bonchev–Trinajstić information content (AvgIpc) is 2.84. The minimum atomic E-state index is -0.894. The monoisotopic (exact) mass is 462 g/mol. The topological polar surface area (TPSA) is 69.0 Å². The van der Waals surface area contributed by atoms with Crippen LogP contribution in [0.3, 0.4) is 0 Å². The van der Waals surface area contributed by atoms with Crippen molar-refractivity contribution in [3.63, 3.8) is 0 Å². The fourth-order valence-corrected chi connectivity index (χ4v) is 4.91. The van der Waals surface area contributed by atoms with E-state index < -0.39 is 11.8 Å². The molecule has 0 aliphatic heterocycles. The van der Waals surface area contributed by atoms with Crippen molar-refractivity contribution in [2.24, 2.45) is 5.92 Å². The third kappa shape index (κ3) is 4.14. The van der Waals surface area contributed by atoms with Gasteiger partial charge in [0.05, 0.1) is 22.5 Å². The smallest absolute Gasteiger partial charge is 0.265 e. The van der Waals surface area contributed by atoms with Crippen LogP contribution < -0.4 is 5.56 Å². The highest BCUT2D eigenvalue weighted by atomic mass is 16.2. The Morgan fingerprint density at radius 3 is 2.17 bits per heavy atom. The van der Waals surface area contributed by atoms with Gasteiger partial charge in [0.1, 0.15) is 11.6 Å². The van der Waals surface area contributed by atoms with E-state index in [0.29, 0.717) is 28.8 Å². The molecule has 0 bridgehead atoms. The zero-order chi connectivity index (χ0) is 24.7. The number of aromatic nitrogens is 2. The fourth-order valence-electron chi connectivity index (χ4n) is 4.91. The van der Waals surface area contributed by atoms with E-state index in [4.69, 9.17) is 4.98 Å². The maximum Gasteiger partial charge on any atom is 0.265 e. The van der Waals surface area contributed by atoms with E-state index in [1.54, 1.807) is 22.8 Å². The van der Waals surface area contributed by atoms with Crippen LogP contribution in [0.5, 0.6) is 0 Å². The van der Waals surface area contributed by atoms with Crippen LogP contribution >= 0.6 is 0 Å². The highest BCUT2D eigenvalue weighted by molar-refractivity contribution is 6.12. The normalized spacial score (nSPS) is 17.9. The van der Waals surface area contributed by atoms with Gasteiger partial charge in [0, 0.05) is 5.92 Å². The number of rotatable bonds is 4. The van der Waals surface area contributed by atoms with Gasteiger partial charge in [-0.15, -0.1) is 0 Å². The highest BCUT2D eigenvalue weighted by Crippen LogP contribution is 2.40. The van der Waals surface area contributed by atoms with Gasteiger partial charge >= 0.3 is 0 Å². The van der Waals surface area contributed by atoms with E-state index in [1.807, 2.05) is 74.5 Å². The summed E-state index contributed by atoms with van der Waals surface area (Å²) in [7, 11) is 0. The van der Waals surface area contributed by atoms with Crippen molar-refractivity contribution in [3.05, 3.63) is 112 Å². The lowest BCUT2D eigenvalue weighted by Crippen LogP contribution is -2.35. The van der Waals surface area contributed by atoms with Crippen molar-refractivity contribution in [1.29, 1.82) is 0 Å². The van der Waals surface area contributed by atoms with Crippen LogP contribution in [0.25, 0.3) is 22.2 Å². The van der Waals surface area contributed by atoms with E-state index in [1.165, 1.54) is 6.92 Å². The Balaban J connectivity index is 1.76. The highest BCUT2D eigenvalue weighted by Gasteiger charge is 2.39. The number of carbonyl (C=O) groups is 2. The molecule has 0 saturated carbocycles. The molecule has 0 saturated heterocycles. The number of hydrogen-bond acceptors (Lipinski definition) is 4. The SMILES string of the molecule is CC(=O)C1C(=O)C=C(c2ccc(C)cc2)CC1c1nc2ccccc2c(=O)n1-c1ccc(C)cc1. The predicted octanol–water partition coefficient (Wildman–Crippen LogP) is 5.35. The molecule has 5 rings (SSSR count). The van der Waals surface area contributed by atoms with E-state index >= 15 is 0 Å². The van der Waals surface area contributed by atoms with Crippen molar-refractivity contribution in [1.82, 2.24) is 9.55 Å². The van der Waals surface area contributed by atoms with Gasteiger partial charge in [-0.3, -0.25) is 19.0 Å². The number of Topliss-reactive ketones (excluding diaryl/α,β-unsaturated/α-hetero) is 1. The molecule has 3 aromatic carbocycles. The molecule has 0 radical (unpaired) electrons. The molecule has 0 amide bonds. The lowest BCUT2D eigenvalue weighted by Gasteiger charge is -2.30. The first-order chi connectivity index (χ1) is 16.8. The zero-order valence-electron chi connectivity index (χ0n) is 20.0. The van der Waals surface area contributed by atoms with Gasteiger partial charge in [-0.1, -0.05) is 59.7 Å². The number of hydrogen-bond donors (Lipinski definition) is 0. The molecule has 1 aliphatic carbocycles. The molecule has 0 fully saturated rings. The summed E-state index contributed by atoms with van der Waals surface area (Å²) in [6.45, 7) is 5.43. The molecular formula is C30H26N2O3. The molecule has 0 spiro atoms. The molecule has 5 heteroatoms. The maximum absolute atomic E-state index is 13.8. The van der Waals surface area contributed by atoms with Crippen LogP contribution in [0.2, 0.25) is 0 Å². The van der Waals surface area contributed by atoms with Crippen molar-refractivity contribution in [3.8, 4) is 5.69 Å². The molecule has 1 aliphatic rings. The second kappa shape index (κ2) is 8.91. The number of aryl methyl sites for hydroxylation is 2. The van der Waals surface area contributed by atoms with Crippen molar-refractivity contribution in [2.75, 3.05) is 0 Å². The van der Waals surface area contributed by atoms with Gasteiger partial charge < -0.3 is 0 Å². The molecule has 1 aromatic heterocycles. The van der Waals surface area contributed by atoms with Gasteiger partial charge in [-0.25, -0.2) is 4.98 Å². The molecular weight excluding hydrogens is 436 g/mol. The molecule has 174 valence electrons. The Morgan fingerprint density at radius 2 is 1.51 bits per heavy atom. The Bertz CT molecular complexity index is 1540. The summed E-state index contributed by atoms with van der Waals surface area (Å²) in [5.74, 6) is -1.50. The van der Waals surface area contributed by atoms with Gasteiger partial charge in [0.15, 0.2) is 5.78 Å². The molecule has 2 unspecified atom stereocenters. The van der Waals surface area contributed by atoms with Crippen LogP contribution in [0.4, 0.5) is 0 Å². The number of allylic oxidation sites excluding steroid dienone is 2. The van der Waals surface area contributed by atoms with Crippen molar-refractivity contribution < 1.29 is 9.59 Å². The first-order valence-electron chi connectivity index (χ1n) is 11.7. The quantitative estimate of drug-likeness (QED) is 0.384. The summed E-state index contributed by atoms with van der Waals surface area (Å²) >= 11 is 0. The summed E-state index contributed by atoms with van der Waals surface area (Å²) in [5.41, 5.74) is 4.97. The predicted molar refractivity (Wildman–Crippen MR) is 138 cm³/mol. The summed E-state index contributed by atoms with van der Waals surface area (Å²) in [6.07, 6.45) is 2.01. The van der Waals surface area contributed by atoms with Crippen LogP contribution in [-0.4, -0.2) is 21.1 Å². The first kappa shape index (κ1) is 22.7. The molecule has 2 atom stereocenters. The first-order valence-corrected chi connectivity index (χ1v) is 11.7. The number of ketones is 2. The second-order valence-electron chi connectivity index (χ2n) is 9.30. The Kier molecular flexibility index (Phi) is 5.77. The minimum absolute atomic E-state index is 0.212. The molecule has 5 nitrogen and oxygen atoms in total. The second-order valence-corrected chi connectivity index (χ2v) is 9.30. The standard InChI is InChI=1S/C30H26N2O3/c1-18-8-12-21(13-9-18)22-16-25(28(20(3)33)27(34)17-22)29-31-26-7-5-4-6-24(26)30(35)32(29)23-14-10-19(2)11-15-23/h4-15,17,25,28H,16H2,1-3H3. The largest absolute Gasteiger partial charge is 0.299 e. The third-order valence-corrected chi connectivity index (χ3v) is 6.75. The Morgan fingerprint density at radius 1 is 0.886 bits per heavy atom. The molecule has 0 N–H and O–H groups in total. The van der Waals surface area contributed by atoms with E-state index in [-0.39, 0.29) is 17.1 Å². The number of nitrogens with zero attached hydrogens (tertiary/aromatic N) is 2. The van der Waals surface area contributed by atoms with Crippen LogP contribution in [0.15, 0.2) is 83.7 Å². The van der Waals surface area contributed by atoms with Crippen molar-refractivity contribution >= 4 is 28.0 Å². The maximum atomic E-state index is 13.8. The van der Waals surface area contributed by atoms with Gasteiger partial charge in [-0.05, 0) is 68.7 Å². The number of carbonyl (C=O) groups excluding carboxylic acids is 2. The van der Waals surface area contributed by atoms with E-state index in [0.717, 1.165) is 22.3 Å². The molecule has 1 heterocycles. The summed E-state index contributed by atoms with van der Waals surface area (Å²) in [4.78, 5) is 44.7. The van der Waals surface area contributed by atoms with Crippen molar-refractivity contribution in [2.45, 2.75) is 33.1 Å². The zero-order valence-corrected chi connectivity index (χ0v) is 20.0. The van der Waals surface area contributed by atoms with Crippen LogP contribution in [0.1, 0.15) is 41.8 Å². The van der Waals surface area contributed by atoms with Gasteiger partial charge in [-0.2, -0.15) is 0 Å². The molecule has 4 aromatic rings.